The molecule has 2 aromatic carbocycles. The summed E-state index contributed by atoms with van der Waals surface area (Å²) in [5.41, 5.74) is 1.48. The normalized spacial score (nSPS) is 13.4. The largest absolute Gasteiger partial charge is 0.454 e. The number of hydrogen-bond donors (Lipinski definition) is 1. The van der Waals surface area contributed by atoms with Gasteiger partial charge in [0, 0.05) is 6.54 Å². The second-order valence-electron chi connectivity index (χ2n) is 6.65. The quantitative estimate of drug-likeness (QED) is 0.496. The highest BCUT2D eigenvalue weighted by Gasteiger charge is 2.18. The summed E-state index contributed by atoms with van der Waals surface area (Å²) in [7, 11) is 0. The number of nitrogens with one attached hydrogen (secondary N) is 1. The molecule has 1 aliphatic heterocycles. The number of thioether (sulfide) groups is 1. The number of carbonyl (C=O) groups excluding carboxylic acids is 1. The smallest absolute Gasteiger partial charge is 0.262 e. The van der Waals surface area contributed by atoms with E-state index in [0.29, 0.717) is 34.1 Å². The molecule has 0 unspecified atom stereocenters. The zero-order valence-electron chi connectivity index (χ0n) is 16.2. The third-order valence-corrected chi connectivity index (χ3v) is 5.73. The molecule has 3 aromatic rings. The van der Waals surface area contributed by atoms with E-state index in [-0.39, 0.29) is 30.1 Å². The highest BCUT2D eigenvalue weighted by atomic mass is 32.2. The van der Waals surface area contributed by atoms with Crippen LogP contribution < -0.4 is 20.3 Å². The van der Waals surface area contributed by atoms with Crippen molar-refractivity contribution in [3.8, 4) is 11.5 Å². The second-order valence-corrected chi connectivity index (χ2v) is 7.59. The minimum absolute atomic E-state index is 0.0882. The van der Waals surface area contributed by atoms with E-state index in [9.17, 15) is 9.59 Å². The number of para-hydroxylation sites is 1. The molecule has 150 valence electrons. The Hall–Kier alpha value is -3.00. The Balaban J connectivity index is 1.45. The Kier molecular flexibility index (Phi) is 5.44. The Morgan fingerprint density at radius 2 is 2.03 bits per heavy atom. The van der Waals surface area contributed by atoms with E-state index in [1.807, 2.05) is 50.2 Å². The third-order valence-electron chi connectivity index (χ3n) is 4.75. The van der Waals surface area contributed by atoms with Gasteiger partial charge in [-0.1, -0.05) is 30.0 Å². The van der Waals surface area contributed by atoms with Crippen LogP contribution in [0.4, 0.5) is 0 Å². The average molecular weight is 411 g/mol. The van der Waals surface area contributed by atoms with Gasteiger partial charge in [0.15, 0.2) is 16.7 Å². The van der Waals surface area contributed by atoms with E-state index in [0.717, 1.165) is 5.56 Å². The fourth-order valence-corrected chi connectivity index (χ4v) is 4.09. The van der Waals surface area contributed by atoms with E-state index >= 15 is 0 Å². The monoisotopic (exact) mass is 411 g/mol. The van der Waals surface area contributed by atoms with Crippen LogP contribution in [-0.4, -0.2) is 28.0 Å². The molecule has 0 radical (unpaired) electrons. The van der Waals surface area contributed by atoms with Gasteiger partial charge in [-0.15, -0.1) is 0 Å². The molecular weight excluding hydrogens is 390 g/mol. The lowest BCUT2D eigenvalue weighted by Crippen LogP contribution is -2.29. The van der Waals surface area contributed by atoms with E-state index in [4.69, 9.17) is 9.47 Å². The van der Waals surface area contributed by atoms with Crippen LogP contribution in [0.1, 0.15) is 25.5 Å². The summed E-state index contributed by atoms with van der Waals surface area (Å²) in [6, 6.07) is 12.7. The summed E-state index contributed by atoms with van der Waals surface area (Å²) in [6.07, 6.45) is 0. The first kappa shape index (κ1) is 19.3. The van der Waals surface area contributed by atoms with Crippen LogP contribution in [0.5, 0.6) is 11.5 Å². The van der Waals surface area contributed by atoms with Gasteiger partial charge < -0.3 is 14.8 Å². The summed E-state index contributed by atoms with van der Waals surface area (Å²) >= 11 is 1.26. The van der Waals surface area contributed by atoms with E-state index in [1.54, 1.807) is 10.6 Å². The molecule has 1 aliphatic rings. The van der Waals surface area contributed by atoms with Gasteiger partial charge in [0.05, 0.1) is 22.7 Å². The minimum atomic E-state index is -0.185. The standard InChI is InChI=1S/C21H21N3O4S/c1-3-24-20(26)15-6-4-5-7-16(15)23-21(24)29-11-19(25)22-13(2)14-8-9-17-18(10-14)28-12-27-17/h4-10,13H,3,11-12H2,1-2H3,(H,22,25)/t13-/m0/s1. The molecule has 7 nitrogen and oxygen atoms in total. The predicted octanol–water partition coefficient (Wildman–Crippen LogP) is 3.11. The number of aromatic nitrogens is 2. The van der Waals surface area contributed by atoms with Crippen molar-refractivity contribution >= 4 is 28.6 Å². The minimum Gasteiger partial charge on any atom is -0.454 e. The Morgan fingerprint density at radius 1 is 1.24 bits per heavy atom. The maximum absolute atomic E-state index is 12.7. The number of nitrogens with zero attached hydrogens (tertiary/aromatic N) is 2. The molecule has 1 N–H and O–H groups in total. The van der Waals surface area contributed by atoms with Crippen molar-refractivity contribution in [3.05, 3.63) is 58.4 Å². The zero-order chi connectivity index (χ0) is 20.4. The van der Waals surface area contributed by atoms with Gasteiger partial charge in [-0.3, -0.25) is 14.2 Å². The zero-order valence-corrected chi connectivity index (χ0v) is 17.0. The molecule has 4 rings (SSSR count). The van der Waals surface area contributed by atoms with Crippen LogP contribution in [-0.2, 0) is 11.3 Å². The number of carbonyl (C=O) groups is 1. The summed E-state index contributed by atoms with van der Waals surface area (Å²) in [5.74, 6) is 1.43. The molecule has 0 aliphatic carbocycles. The van der Waals surface area contributed by atoms with Crippen molar-refractivity contribution in [2.75, 3.05) is 12.5 Å². The molecule has 29 heavy (non-hydrogen) atoms. The summed E-state index contributed by atoms with van der Waals surface area (Å²) in [5, 5.41) is 4.10. The molecule has 0 bridgehead atoms. The van der Waals surface area contributed by atoms with Crippen molar-refractivity contribution < 1.29 is 14.3 Å². The number of amides is 1. The van der Waals surface area contributed by atoms with E-state index in [2.05, 4.69) is 10.3 Å². The van der Waals surface area contributed by atoms with E-state index in [1.165, 1.54) is 11.8 Å². The molecule has 8 heteroatoms. The molecule has 1 amide bonds. The summed E-state index contributed by atoms with van der Waals surface area (Å²) in [6.45, 7) is 4.52. The fraction of sp³-hybridized carbons (Fsp3) is 0.286. The number of ether oxygens (including phenoxy) is 2. The highest BCUT2D eigenvalue weighted by Crippen LogP contribution is 2.34. The number of fused-ring (bicyclic) bond motifs is 2. The van der Waals surface area contributed by atoms with Gasteiger partial charge in [0.1, 0.15) is 0 Å². The Bertz CT molecular complexity index is 1130. The average Bonchev–Trinajstić information content (AvgIpc) is 3.20. The van der Waals surface area contributed by atoms with Gasteiger partial charge in [-0.05, 0) is 43.7 Å². The molecule has 0 fully saturated rings. The van der Waals surface area contributed by atoms with Gasteiger partial charge in [-0.25, -0.2) is 4.98 Å². The van der Waals surface area contributed by atoms with E-state index < -0.39 is 0 Å². The van der Waals surface area contributed by atoms with Crippen LogP contribution in [0, 0.1) is 0 Å². The first-order chi connectivity index (χ1) is 14.1. The molecule has 1 aromatic heterocycles. The molecule has 2 heterocycles. The van der Waals surface area contributed by atoms with Crippen molar-refractivity contribution in [3.63, 3.8) is 0 Å². The van der Waals surface area contributed by atoms with Gasteiger partial charge in [0.2, 0.25) is 12.7 Å². The maximum atomic E-state index is 12.7. The summed E-state index contributed by atoms with van der Waals surface area (Å²) in [4.78, 5) is 29.7. The first-order valence-electron chi connectivity index (χ1n) is 9.38. The maximum Gasteiger partial charge on any atom is 0.262 e. The van der Waals surface area contributed by atoms with Crippen LogP contribution in [0.3, 0.4) is 0 Å². The topological polar surface area (TPSA) is 82.5 Å². The summed E-state index contributed by atoms with van der Waals surface area (Å²) < 4.78 is 12.3. The van der Waals surface area contributed by atoms with Crippen molar-refractivity contribution in [1.29, 1.82) is 0 Å². The molecule has 1 atom stereocenters. The lowest BCUT2D eigenvalue weighted by Gasteiger charge is -2.15. The molecule has 0 saturated heterocycles. The van der Waals surface area contributed by atoms with Crippen LogP contribution in [0.15, 0.2) is 52.4 Å². The Labute approximate surface area is 172 Å². The van der Waals surface area contributed by atoms with Crippen molar-refractivity contribution in [2.24, 2.45) is 0 Å². The van der Waals surface area contributed by atoms with Crippen LogP contribution >= 0.6 is 11.8 Å². The first-order valence-corrected chi connectivity index (χ1v) is 10.4. The highest BCUT2D eigenvalue weighted by molar-refractivity contribution is 7.99. The van der Waals surface area contributed by atoms with Crippen molar-refractivity contribution in [2.45, 2.75) is 31.6 Å². The van der Waals surface area contributed by atoms with Crippen LogP contribution in [0.25, 0.3) is 10.9 Å². The lowest BCUT2D eigenvalue weighted by atomic mass is 10.1. The van der Waals surface area contributed by atoms with Gasteiger partial charge >= 0.3 is 0 Å². The fourth-order valence-electron chi connectivity index (χ4n) is 3.22. The van der Waals surface area contributed by atoms with Crippen molar-refractivity contribution in [1.82, 2.24) is 14.9 Å². The van der Waals surface area contributed by atoms with Crippen LogP contribution in [0.2, 0.25) is 0 Å². The number of rotatable bonds is 6. The number of hydrogen-bond acceptors (Lipinski definition) is 6. The predicted molar refractivity (Wildman–Crippen MR) is 112 cm³/mol. The number of benzene rings is 2. The van der Waals surface area contributed by atoms with Gasteiger partial charge in [-0.2, -0.15) is 0 Å². The lowest BCUT2D eigenvalue weighted by molar-refractivity contribution is -0.119. The molecule has 0 spiro atoms. The third kappa shape index (κ3) is 3.93. The van der Waals surface area contributed by atoms with Gasteiger partial charge in [0.25, 0.3) is 5.56 Å². The molecular formula is C21H21N3O4S. The Morgan fingerprint density at radius 3 is 2.86 bits per heavy atom. The molecule has 0 saturated carbocycles. The SMILES string of the molecule is CCn1c(SCC(=O)N[C@@H](C)c2ccc3c(c2)OCO3)nc2ccccc2c1=O. The second kappa shape index (κ2) is 8.16.